The third-order valence-corrected chi connectivity index (χ3v) is 5.44. The predicted octanol–water partition coefficient (Wildman–Crippen LogP) is 1.74. The van der Waals surface area contributed by atoms with Gasteiger partial charge >= 0.3 is 19.8 Å². The molecule has 0 saturated carbocycles. The monoisotopic (exact) mass is 483 g/mol. The van der Waals surface area contributed by atoms with Crippen LogP contribution in [0.4, 0.5) is 14.6 Å². The summed E-state index contributed by atoms with van der Waals surface area (Å²) in [5, 5.41) is 12.1. The maximum absolute atomic E-state index is 15.2. The first kappa shape index (κ1) is 28.0. The van der Waals surface area contributed by atoms with Crippen LogP contribution in [0.1, 0.15) is 46.8 Å². The molecule has 0 saturated heterocycles. The molecular weight excluding hydrogens is 453 g/mol. The minimum Gasteiger partial charge on any atom is -0.461 e. The summed E-state index contributed by atoms with van der Waals surface area (Å²) in [4.78, 5) is 27.3. The number of nitrogens with one attached hydrogen (secondary N) is 1. The van der Waals surface area contributed by atoms with Crippen LogP contribution in [-0.4, -0.2) is 58.0 Å². The number of hydrogen-bond donors (Lipinski definition) is 3. The van der Waals surface area contributed by atoms with Crippen LogP contribution in [0.2, 0.25) is 0 Å². The van der Waals surface area contributed by atoms with Gasteiger partial charge in [-0.05, 0) is 37.3 Å². The van der Waals surface area contributed by atoms with Crippen LogP contribution in [0.3, 0.4) is 0 Å². The molecule has 0 aliphatic rings. The zero-order valence-electron chi connectivity index (χ0n) is 18.4. The molecule has 32 heavy (non-hydrogen) atoms. The summed E-state index contributed by atoms with van der Waals surface area (Å²) in [6.45, 7) is 3.62. The molecule has 1 heterocycles. The van der Waals surface area contributed by atoms with Gasteiger partial charge in [0.05, 0.1) is 0 Å². The lowest BCUT2D eigenvalue weighted by Gasteiger charge is -2.30. The SMILES string of the molecule is CCC(CC)OC(=O)[C@H](C)N[P+](=O)OC[C@@](F)(O[C@H](CF)n1ccc(N)nc1=O)[C@H](C)O. The van der Waals surface area contributed by atoms with Gasteiger partial charge < -0.3 is 20.3 Å². The van der Waals surface area contributed by atoms with E-state index in [0.29, 0.717) is 17.4 Å². The Bertz CT molecular complexity index is 825. The van der Waals surface area contributed by atoms with Crippen molar-refractivity contribution in [2.75, 3.05) is 19.0 Å². The van der Waals surface area contributed by atoms with Crippen LogP contribution in [0.15, 0.2) is 17.1 Å². The van der Waals surface area contributed by atoms with Crippen molar-refractivity contribution in [3.05, 3.63) is 22.7 Å². The van der Waals surface area contributed by atoms with Gasteiger partial charge in [-0.2, -0.15) is 4.98 Å². The minimum absolute atomic E-state index is 0.130. The normalized spacial score (nSPS) is 16.8. The molecule has 0 aromatic carbocycles. The first-order chi connectivity index (χ1) is 15.0. The molecule has 0 fully saturated rings. The number of aliphatic hydroxyl groups excluding tert-OH is 1. The number of aromatic nitrogens is 2. The van der Waals surface area contributed by atoms with Gasteiger partial charge in [-0.1, -0.05) is 18.9 Å². The van der Waals surface area contributed by atoms with Gasteiger partial charge in [0.1, 0.15) is 30.7 Å². The zero-order valence-corrected chi connectivity index (χ0v) is 19.3. The molecule has 0 aliphatic carbocycles. The van der Waals surface area contributed by atoms with Crippen molar-refractivity contribution >= 4 is 20.0 Å². The van der Waals surface area contributed by atoms with Crippen molar-refractivity contribution < 1.29 is 37.2 Å². The Kier molecular flexibility index (Phi) is 11.2. The molecule has 4 N–H and O–H groups in total. The maximum Gasteiger partial charge on any atom is 0.614 e. The maximum atomic E-state index is 15.2. The molecule has 1 aromatic rings. The molecule has 11 nitrogen and oxygen atoms in total. The van der Waals surface area contributed by atoms with E-state index in [1.807, 2.05) is 13.8 Å². The van der Waals surface area contributed by atoms with Crippen molar-refractivity contribution in [3.63, 3.8) is 0 Å². The Morgan fingerprint density at radius 3 is 2.53 bits per heavy atom. The van der Waals surface area contributed by atoms with Crippen LogP contribution < -0.4 is 16.5 Å². The summed E-state index contributed by atoms with van der Waals surface area (Å²) in [7, 11) is -2.79. The van der Waals surface area contributed by atoms with Crippen LogP contribution in [0.5, 0.6) is 0 Å². The summed E-state index contributed by atoms with van der Waals surface area (Å²) < 4.78 is 56.5. The summed E-state index contributed by atoms with van der Waals surface area (Å²) in [6, 6.07) is 0.147. The highest BCUT2D eigenvalue weighted by atomic mass is 31.1. The van der Waals surface area contributed by atoms with E-state index in [1.165, 1.54) is 13.0 Å². The Hall–Kier alpha value is -2.05. The predicted molar refractivity (Wildman–Crippen MR) is 111 cm³/mol. The van der Waals surface area contributed by atoms with Gasteiger partial charge in [-0.15, -0.1) is 4.52 Å². The third kappa shape index (κ3) is 8.14. The largest absolute Gasteiger partial charge is 0.614 e. The van der Waals surface area contributed by atoms with Gasteiger partial charge in [-0.3, -0.25) is 9.36 Å². The van der Waals surface area contributed by atoms with Crippen molar-refractivity contribution in [1.82, 2.24) is 14.6 Å². The van der Waals surface area contributed by atoms with Gasteiger partial charge in [0.15, 0.2) is 12.8 Å². The molecule has 0 amide bonds. The lowest BCUT2D eigenvalue weighted by atomic mass is 10.2. The van der Waals surface area contributed by atoms with E-state index in [4.69, 9.17) is 19.7 Å². The quantitative estimate of drug-likeness (QED) is 0.263. The Morgan fingerprint density at radius 2 is 2.03 bits per heavy atom. The molecule has 182 valence electrons. The molecule has 14 heteroatoms. The summed E-state index contributed by atoms with van der Waals surface area (Å²) in [6.07, 6.45) is -1.70. The van der Waals surface area contributed by atoms with Crippen molar-refractivity contribution in [1.29, 1.82) is 0 Å². The second-order valence-electron chi connectivity index (χ2n) is 6.99. The first-order valence-electron chi connectivity index (χ1n) is 9.99. The Morgan fingerprint density at radius 1 is 1.41 bits per heavy atom. The number of ether oxygens (including phenoxy) is 2. The minimum atomic E-state index is -3.05. The molecule has 1 rings (SSSR count). The van der Waals surface area contributed by atoms with Crippen LogP contribution in [0, 0.1) is 0 Å². The highest BCUT2D eigenvalue weighted by molar-refractivity contribution is 7.36. The summed E-state index contributed by atoms with van der Waals surface area (Å²) in [5.41, 5.74) is 4.36. The number of hydrogen-bond acceptors (Lipinski definition) is 9. The number of alkyl halides is 2. The Labute approximate surface area is 185 Å². The number of aliphatic hydroxyl groups is 1. The van der Waals surface area contributed by atoms with Crippen LogP contribution >= 0.6 is 8.18 Å². The number of nitrogen functional groups attached to an aromatic ring is 1. The number of carbonyl (C=O) groups excluding carboxylic acids is 1. The first-order valence-corrected chi connectivity index (χ1v) is 11.2. The summed E-state index contributed by atoms with van der Waals surface area (Å²) >= 11 is 0. The topological polar surface area (TPSA) is 155 Å². The standard InChI is InChI=1S/C18H29F2N4O7P/c1-5-13(6-2)30-16(26)11(3)23-32(28)29-10-18(20,12(4)25)31-15(9-19)24-8-7-14(21)22-17(24)27/h7-8,11-13,15,25H,5-6,9-10H2,1-4H3,(H2-,21,22,23,27,28)/p+1/t11-,12-,15+,18+/m0/s1. The lowest BCUT2D eigenvalue weighted by Crippen LogP contribution is -2.46. The smallest absolute Gasteiger partial charge is 0.461 e. The molecule has 1 unspecified atom stereocenters. The van der Waals surface area contributed by atoms with E-state index in [9.17, 15) is 23.7 Å². The van der Waals surface area contributed by atoms with Crippen molar-refractivity contribution in [2.45, 2.75) is 70.9 Å². The second kappa shape index (κ2) is 12.9. The van der Waals surface area contributed by atoms with Crippen LogP contribution in [-0.2, 0) is 23.4 Å². The lowest BCUT2D eigenvalue weighted by molar-refractivity contribution is -0.260. The number of carbonyl (C=O) groups is 1. The van der Waals surface area contributed by atoms with Crippen molar-refractivity contribution in [2.24, 2.45) is 0 Å². The number of halogens is 2. The zero-order chi connectivity index (χ0) is 24.5. The van der Waals surface area contributed by atoms with Gasteiger partial charge in [0.2, 0.25) is 0 Å². The number of nitrogens with two attached hydrogens (primary N) is 1. The van der Waals surface area contributed by atoms with Crippen molar-refractivity contribution in [3.8, 4) is 0 Å². The number of anilines is 1. The fraction of sp³-hybridized carbons (Fsp3) is 0.722. The van der Waals surface area contributed by atoms with Crippen LogP contribution in [0.25, 0.3) is 0 Å². The van der Waals surface area contributed by atoms with Gasteiger partial charge in [-0.25, -0.2) is 13.6 Å². The highest BCUT2D eigenvalue weighted by Crippen LogP contribution is 2.29. The molecule has 0 bridgehead atoms. The highest BCUT2D eigenvalue weighted by Gasteiger charge is 2.44. The average Bonchev–Trinajstić information content (AvgIpc) is 2.74. The van der Waals surface area contributed by atoms with E-state index in [1.54, 1.807) is 0 Å². The number of esters is 1. The Balaban J connectivity index is 2.79. The molecule has 0 radical (unpaired) electrons. The number of nitrogens with zero attached hydrogens (tertiary/aromatic N) is 2. The average molecular weight is 483 g/mol. The fourth-order valence-corrected chi connectivity index (χ4v) is 3.19. The molecular formula is C18H30F2N4O7P+. The van der Waals surface area contributed by atoms with Gasteiger partial charge in [0, 0.05) is 6.20 Å². The molecule has 1 aromatic heterocycles. The number of rotatable bonds is 14. The molecule has 0 aliphatic heterocycles. The molecule has 5 atom stereocenters. The van der Waals surface area contributed by atoms with E-state index in [-0.39, 0.29) is 11.9 Å². The fourth-order valence-electron chi connectivity index (χ4n) is 2.40. The van der Waals surface area contributed by atoms with E-state index >= 15 is 4.39 Å². The molecule has 0 spiro atoms. The van der Waals surface area contributed by atoms with Gasteiger partial charge in [0.25, 0.3) is 5.85 Å². The van der Waals surface area contributed by atoms with E-state index in [0.717, 1.165) is 13.1 Å². The second-order valence-corrected chi connectivity index (χ2v) is 8.02. The van der Waals surface area contributed by atoms with E-state index in [2.05, 4.69) is 10.1 Å². The van der Waals surface area contributed by atoms with E-state index < -0.39 is 57.3 Å². The third-order valence-electron chi connectivity index (χ3n) is 4.47. The summed E-state index contributed by atoms with van der Waals surface area (Å²) in [5.74, 6) is -3.85.